The van der Waals surface area contributed by atoms with Crippen molar-refractivity contribution in [3.63, 3.8) is 0 Å². The number of likely N-dealkylation sites (tertiary alicyclic amines) is 1. The van der Waals surface area contributed by atoms with E-state index in [-0.39, 0.29) is 28.9 Å². The summed E-state index contributed by atoms with van der Waals surface area (Å²) in [6.45, 7) is 3.74. The molecule has 1 heterocycles. The maximum Gasteiger partial charge on any atom is 0.235 e. The lowest BCUT2D eigenvalue weighted by atomic mass is 10.1. The molecule has 98 valence electrons. The zero-order valence-electron chi connectivity index (χ0n) is 10.4. The number of hydrogen-bond donors (Lipinski definition) is 1. The Labute approximate surface area is 105 Å². The van der Waals surface area contributed by atoms with Gasteiger partial charge in [-0.1, -0.05) is 6.92 Å². The fourth-order valence-electron chi connectivity index (χ4n) is 2.82. The Hall–Kier alpha value is -0.420. The van der Waals surface area contributed by atoms with Crippen molar-refractivity contribution in [2.24, 2.45) is 11.7 Å². The quantitative estimate of drug-likeness (QED) is 0.801. The molecular formula is C12H22N2O2S. The Morgan fingerprint density at radius 1 is 1.35 bits per heavy atom. The van der Waals surface area contributed by atoms with Gasteiger partial charge in [-0.05, 0) is 31.6 Å². The standard InChI is InChI=1S/C12H22N2O2S/c1-9-10(13)4-5-11(9)17(16)8-12(15)14-6-2-3-7-14/h9-11H,2-8,13H2,1H3. The highest BCUT2D eigenvalue weighted by molar-refractivity contribution is 7.86. The maximum atomic E-state index is 12.2. The van der Waals surface area contributed by atoms with Crippen molar-refractivity contribution in [3.8, 4) is 0 Å². The summed E-state index contributed by atoms with van der Waals surface area (Å²) in [5.74, 6) is 0.539. The van der Waals surface area contributed by atoms with Gasteiger partial charge in [0.25, 0.3) is 0 Å². The van der Waals surface area contributed by atoms with Crippen LogP contribution in [0.2, 0.25) is 0 Å². The van der Waals surface area contributed by atoms with Gasteiger partial charge >= 0.3 is 0 Å². The average molecular weight is 258 g/mol. The first kappa shape index (κ1) is 13.0. The molecule has 1 amide bonds. The van der Waals surface area contributed by atoms with Crippen molar-refractivity contribution in [2.75, 3.05) is 18.8 Å². The fourth-order valence-corrected chi connectivity index (χ4v) is 4.54. The second-order valence-corrected chi connectivity index (χ2v) is 6.91. The average Bonchev–Trinajstić information content (AvgIpc) is 2.90. The first-order chi connectivity index (χ1) is 8.09. The summed E-state index contributed by atoms with van der Waals surface area (Å²) in [7, 11) is -1.04. The third-order valence-electron chi connectivity index (χ3n) is 4.11. The van der Waals surface area contributed by atoms with Crippen molar-refractivity contribution >= 4 is 16.7 Å². The Morgan fingerprint density at radius 2 is 2.00 bits per heavy atom. The summed E-state index contributed by atoms with van der Waals surface area (Å²) in [5.41, 5.74) is 5.93. The Kier molecular flexibility index (Phi) is 4.20. The summed E-state index contributed by atoms with van der Waals surface area (Å²) in [4.78, 5) is 13.7. The summed E-state index contributed by atoms with van der Waals surface area (Å²) < 4.78 is 12.2. The molecule has 4 unspecified atom stereocenters. The predicted molar refractivity (Wildman–Crippen MR) is 69.0 cm³/mol. The normalized spacial score (nSPS) is 35.2. The molecule has 0 bridgehead atoms. The SMILES string of the molecule is CC1C(N)CCC1S(=O)CC(=O)N1CCCC1. The number of carbonyl (C=O) groups is 1. The lowest BCUT2D eigenvalue weighted by Gasteiger charge is -2.20. The molecule has 1 aliphatic carbocycles. The molecule has 2 aliphatic rings. The summed E-state index contributed by atoms with van der Waals surface area (Å²) in [6, 6.07) is 0.158. The molecule has 17 heavy (non-hydrogen) atoms. The van der Waals surface area contributed by atoms with Gasteiger partial charge < -0.3 is 10.6 Å². The number of carbonyl (C=O) groups excluding carboxylic acids is 1. The maximum absolute atomic E-state index is 12.2. The van der Waals surface area contributed by atoms with Crippen LogP contribution in [0.25, 0.3) is 0 Å². The van der Waals surface area contributed by atoms with Gasteiger partial charge in [-0.2, -0.15) is 0 Å². The monoisotopic (exact) mass is 258 g/mol. The highest BCUT2D eigenvalue weighted by Crippen LogP contribution is 2.28. The van der Waals surface area contributed by atoms with Gasteiger partial charge in [-0.3, -0.25) is 9.00 Å². The van der Waals surface area contributed by atoms with Crippen LogP contribution in [0.1, 0.15) is 32.6 Å². The smallest absolute Gasteiger partial charge is 0.235 e. The van der Waals surface area contributed by atoms with E-state index in [1.807, 2.05) is 4.90 Å². The van der Waals surface area contributed by atoms with E-state index in [0.29, 0.717) is 0 Å². The molecule has 2 N–H and O–H groups in total. The van der Waals surface area contributed by atoms with E-state index in [1.165, 1.54) is 0 Å². The molecule has 4 nitrogen and oxygen atoms in total. The highest BCUT2D eigenvalue weighted by Gasteiger charge is 2.35. The number of rotatable bonds is 3. The molecule has 2 rings (SSSR count). The number of amides is 1. The molecule has 2 fully saturated rings. The van der Waals surface area contributed by atoms with Gasteiger partial charge in [0, 0.05) is 35.2 Å². The third-order valence-corrected chi connectivity index (χ3v) is 5.98. The molecule has 1 saturated carbocycles. The number of nitrogens with two attached hydrogens (primary N) is 1. The number of nitrogens with zero attached hydrogens (tertiary/aromatic N) is 1. The minimum absolute atomic E-state index is 0.0634. The van der Waals surface area contributed by atoms with Crippen LogP contribution >= 0.6 is 0 Å². The van der Waals surface area contributed by atoms with Crippen LogP contribution in [0.5, 0.6) is 0 Å². The van der Waals surface area contributed by atoms with E-state index in [2.05, 4.69) is 6.92 Å². The van der Waals surface area contributed by atoms with Crippen molar-refractivity contribution in [1.29, 1.82) is 0 Å². The minimum Gasteiger partial charge on any atom is -0.342 e. The first-order valence-corrected chi connectivity index (χ1v) is 7.88. The molecule has 0 aromatic heterocycles. The molecule has 0 radical (unpaired) electrons. The Balaban J connectivity index is 1.86. The predicted octanol–water partition coefficient (Wildman–Crippen LogP) is 0.483. The van der Waals surface area contributed by atoms with E-state index in [9.17, 15) is 9.00 Å². The van der Waals surface area contributed by atoms with Crippen LogP contribution in [-0.2, 0) is 15.6 Å². The van der Waals surface area contributed by atoms with E-state index < -0.39 is 10.8 Å². The van der Waals surface area contributed by atoms with E-state index in [1.54, 1.807) is 0 Å². The third kappa shape index (κ3) is 2.88. The molecule has 5 heteroatoms. The number of hydrogen-bond acceptors (Lipinski definition) is 3. The molecule has 0 spiro atoms. The summed E-state index contributed by atoms with van der Waals surface area (Å²) in [5, 5.41) is 0.122. The molecule has 0 aromatic carbocycles. The lowest BCUT2D eigenvalue weighted by molar-refractivity contribution is -0.127. The van der Waals surface area contributed by atoms with Crippen molar-refractivity contribution in [1.82, 2.24) is 4.90 Å². The van der Waals surface area contributed by atoms with Gasteiger partial charge in [-0.25, -0.2) is 0 Å². The highest BCUT2D eigenvalue weighted by atomic mass is 32.2. The first-order valence-electron chi connectivity index (χ1n) is 6.50. The van der Waals surface area contributed by atoms with Crippen LogP contribution in [0, 0.1) is 5.92 Å². The molecule has 1 saturated heterocycles. The molecule has 1 aliphatic heterocycles. The molecular weight excluding hydrogens is 236 g/mol. The fraction of sp³-hybridized carbons (Fsp3) is 0.917. The Morgan fingerprint density at radius 3 is 2.53 bits per heavy atom. The van der Waals surface area contributed by atoms with Crippen LogP contribution in [-0.4, -0.2) is 45.2 Å². The van der Waals surface area contributed by atoms with Crippen LogP contribution < -0.4 is 5.73 Å². The second kappa shape index (κ2) is 5.48. The second-order valence-electron chi connectivity index (χ2n) is 5.25. The summed E-state index contributed by atoms with van der Waals surface area (Å²) >= 11 is 0. The van der Waals surface area contributed by atoms with E-state index in [0.717, 1.165) is 38.8 Å². The van der Waals surface area contributed by atoms with Crippen LogP contribution in [0.3, 0.4) is 0 Å². The van der Waals surface area contributed by atoms with Crippen LogP contribution in [0.4, 0.5) is 0 Å². The van der Waals surface area contributed by atoms with Gasteiger partial charge in [0.1, 0.15) is 5.75 Å². The zero-order chi connectivity index (χ0) is 12.4. The van der Waals surface area contributed by atoms with Crippen LogP contribution in [0.15, 0.2) is 0 Å². The van der Waals surface area contributed by atoms with Crippen molar-refractivity contribution in [3.05, 3.63) is 0 Å². The van der Waals surface area contributed by atoms with Crippen molar-refractivity contribution < 1.29 is 9.00 Å². The minimum atomic E-state index is -1.04. The van der Waals surface area contributed by atoms with Gasteiger partial charge in [-0.15, -0.1) is 0 Å². The lowest BCUT2D eigenvalue weighted by Crippen LogP contribution is -2.36. The topological polar surface area (TPSA) is 63.4 Å². The molecule has 4 atom stereocenters. The molecule has 0 aromatic rings. The Bertz CT molecular complexity index is 316. The van der Waals surface area contributed by atoms with Crippen molar-refractivity contribution in [2.45, 2.75) is 43.9 Å². The van der Waals surface area contributed by atoms with E-state index >= 15 is 0 Å². The summed E-state index contributed by atoms with van der Waals surface area (Å²) in [6.07, 6.45) is 4.02. The van der Waals surface area contributed by atoms with Gasteiger partial charge in [0.2, 0.25) is 5.91 Å². The largest absolute Gasteiger partial charge is 0.342 e. The zero-order valence-corrected chi connectivity index (χ0v) is 11.2. The van der Waals surface area contributed by atoms with E-state index in [4.69, 9.17) is 5.73 Å². The van der Waals surface area contributed by atoms with Gasteiger partial charge in [0.05, 0.1) is 0 Å². The van der Waals surface area contributed by atoms with Gasteiger partial charge in [0.15, 0.2) is 0 Å².